The van der Waals surface area contributed by atoms with Crippen molar-refractivity contribution in [2.24, 2.45) is 5.92 Å². The molecule has 5 nitrogen and oxygen atoms in total. The lowest BCUT2D eigenvalue weighted by Crippen LogP contribution is -2.23. The predicted octanol–water partition coefficient (Wildman–Crippen LogP) is 1.18. The lowest BCUT2D eigenvalue weighted by molar-refractivity contribution is -0.119. The van der Waals surface area contributed by atoms with E-state index >= 15 is 0 Å². The molecule has 1 amide bonds. The molecule has 0 saturated carbocycles. The zero-order chi connectivity index (χ0) is 14.4. The molecule has 1 aliphatic heterocycles. The minimum absolute atomic E-state index is 0.0432. The molecule has 0 bridgehead atoms. The SMILES string of the molecule is CC1CC(C(=O)Nc2cc(C#CCCO)ccn2)CO1. The number of carbonyl (C=O) groups is 1. The number of nitrogens with zero attached hydrogens (tertiary/aromatic N) is 1. The summed E-state index contributed by atoms with van der Waals surface area (Å²) < 4.78 is 5.39. The maximum absolute atomic E-state index is 12.0. The minimum Gasteiger partial charge on any atom is -0.395 e. The Labute approximate surface area is 118 Å². The summed E-state index contributed by atoms with van der Waals surface area (Å²) >= 11 is 0. The van der Waals surface area contributed by atoms with Crippen LogP contribution in [0.2, 0.25) is 0 Å². The van der Waals surface area contributed by atoms with Gasteiger partial charge < -0.3 is 15.2 Å². The Morgan fingerprint density at radius 3 is 3.20 bits per heavy atom. The number of hydrogen-bond donors (Lipinski definition) is 2. The van der Waals surface area contributed by atoms with Crippen LogP contribution in [0, 0.1) is 17.8 Å². The second-order valence-electron chi connectivity index (χ2n) is 4.77. The molecule has 1 fully saturated rings. The van der Waals surface area contributed by atoms with Crippen molar-refractivity contribution in [1.29, 1.82) is 0 Å². The molecule has 0 spiro atoms. The molecular formula is C15H18N2O3. The first-order valence-corrected chi connectivity index (χ1v) is 6.67. The van der Waals surface area contributed by atoms with E-state index in [1.807, 2.05) is 6.92 Å². The van der Waals surface area contributed by atoms with Crippen LogP contribution < -0.4 is 5.32 Å². The molecule has 0 aromatic carbocycles. The Morgan fingerprint density at radius 2 is 2.50 bits per heavy atom. The van der Waals surface area contributed by atoms with Crippen molar-refractivity contribution < 1.29 is 14.6 Å². The van der Waals surface area contributed by atoms with Crippen LogP contribution in [0.15, 0.2) is 18.3 Å². The fourth-order valence-corrected chi connectivity index (χ4v) is 2.03. The number of pyridine rings is 1. The van der Waals surface area contributed by atoms with Crippen LogP contribution >= 0.6 is 0 Å². The van der Waals surface area contributed by atoms with Crippen LogP contribution in [0.1, 0.15) is 25.3 Å². The van der Waals surface area contributed by atoms with Gasteiger partial charge in [-0.05, 0) is 25.5 Å². The van der Waals surface area contributed by atoms with Crippen molar-refractivity contribution in [2.45, 2.75) is 25.9 Å². The first kappa shape index (κ1) is 14.5. The van der Waals surface area contributed by atoms with E-state index in [0.717, 1.165) is 12.0 Å². The summed E-state index contributed by atoms with van der Waals surface area (Å²) in [6, 6.07) is 3.49. The van der Waals surface area contributed by atoms with Crippen molar-refractivity contribution >= 4 is 11.7 Å². The third-order valence-electron chi connectivity index (χ3n) is 3.05. The second-order valence-corrected chi connectivity index (χ2v) is 4.77. The topological polar surface area (TPSA) is 71.5 Å². The lowest BCUT2D eigenvalue weighted by atomic mass is 10.1. The van der Waals surface area contributed by atoms with E-state index < -0.39 is 0 Å². The number of ether oxygens (including phenoxy) is 1. The first-order valence-electron chi connectivity index (χ1n) is 6.67. The summed E-state index contributed by atoms with van der Waals surface area (Å²) in [5.41, 5.74) is 0.764. The highest BCUT2D eigenvalue weighted by atomic mass is 16.5. The van der Waals surface area contributed by atoms with E-state index in [2.05, 4.69) is 22.1 Å². The van der Waals surface area contributed by atoms with Gasteiger partial charge in [-0.2, -0.15) is 0 Å². The lowest BCUT2D eigenvalue weighted by Gasteiger charge is -2.08. The van der Waals surface area contributed by atoms with Crippen LogP contribution in [-0.4, -0.2) is 35.3 Å². The molecule has 1 aliphatic rings. The van der Waals surface area contributed by atoms with E-state index in [1.54, 1.807) is 18.3 Å². The van der Waals surface area contributed by atoms with Crippen LogP contribution in [-0.2, 0) is 9.53 Å². The van der Waals surface area contributed by atoms with Crippen molar-refractivity contribution in [1.82, 2.24) is 4.98 Å². The zero-order valence-electron chi connectivity index (χ0n) is 11.4. The Kier molecular flexibility index (Phi) is 5.10. The van der Waals surface area contributed by atoms with Gasteiger partial charge in [-0.15, -0.1) is 0 Å². The van der Waals surface area contributed by atoms with Gasteiger partial charge in [-0.25, -0.2) is 4.98 Å². The highest BCUT2D eigenvalue weighted by Crippen LogP contribution is 2.20. The Morgan fingerprint density at radius 1 is 1.65 bits per heavy atom. The maximum atomic E-state index is 12.0. The number of amides is 1. The average molecular weight is 274 g/mol. The van der Waals surface area contributed by atoms with E-state index in [1.165, 1.54) is 0 Å². The quantitative estimate of drug-likeness (QED) is 0.812. The third-order valence-corrected chi connectivity index (χ3v) is 3.05. The number of aliphatic hydroxyl groups is 1. The fraction of sp³-hybridized carbons (Fsp3) is 0.467. The normalized spacial score (nSPS) is 21.1. The number of carbonyl (C=O) groups excluding carboxylic acids is 1. The molecule has 5 heteroatoms. The van der Waals surface area contributed by atoms with E-state index in [4.69, 9.17) is 9.84 Å². The van der Waals surface area contributed by atoms with Crippen molar-refractivity contribution in [3.05, 3.63) is 23.9 Å². The van der Waals surface area contributed by atoms with Gasteiger partial charge in [-0.3, -0.25) is 4.79 Å². The van der Waals surface area contributed by atoms with Gasteiger partial charge in [0.2, 0.25) is 5.91 Å². The molecule has 2 atom stereocenters. The standard InChI is InChI=1S/C15H18N2O3/c1-11-8-13(10-20-11)15(19)17-14-9-12(5-6-16-14)4-2-3-7-18/h5-6,9,11,13,18H,3,7-8,10H2,1H3,(H,16,17,19). The molecule has 2 rings (SSSR count). The molecule has 1 aromatic rings. The smallest absolute Gasteiger partial charge is 0.231 e. The number of nitrogens with one attached hydrogen (secondary N) is 1. The summed E-state index contributed by atoms with van der Waals surface area (Å²) in [5.74, 6) is 6.05. The molecule has 106 valence electrons. The van der Waals surface area contributed by atoms with Crippen LogP contribution in [0.3, 0.4) is 0 Å². The average Bonchev–Trinajstić information content (AvgIpc) is 2.86. The second kappa shape index (κ2) is 7.04. The summed E-state index contributed by atoms with van der Waals surface area (Å²) in [6.45, 7) is 2.47. The van der Waals surface area contributed by atoms with Crippen LogP contribution in [0.4, 0.5) is 5.82 Å². The van der Waals surface area contributed by atoms with Gasteiger partial charge in [0.05, 0.1) is 25.2 Å². The third kappa shape index (κ3) is 4.05. The molecule has 2 unspecified atom stereocenters. The summed E-state index contributed by atoms with van der Waals surface area (Å²) in [7, 11) is 0. The number of anilines is 1. The highest BCUT2D eigenvalue weighted by molar-refractivity contribution is 5.92. The van der Waals surface area contributed by atoms with E-state index in [0.29, 0.717) is 18.8 Å². The van der Waals surface area contributed by atoms with E-state index in [9.17, 15) is 4.79 Å². The summed E-state index contributed by atoms with van der Waals surface area (Å²) in [6.07, 6.45) is 2.91. The van der Waals surface area contributed by atoms with Crippen molar-refractivity contribution in [2.75, 3.05) is 18.5 Å². The molecular weight excluding hydrogens is 256 g/mol. The minimum atomic E-state index is -0.115. The molecule has 20 heavy (non-hydrogen) atoms. The fourth-order valence-electron chi connectivity index (χ4n) is 2.03. The number of aliphatic hydroxyl groups excluding tert-OH is 1. The number of aromatic nitrogens is 1. The van der Waals surface area contributed by atoms with Crippen molar-refractivity contribution in [3.8, 4) is 11.8 Å². The Hall–Kier alpha value is -1.90. The Bertz CT molecular complexity index is 533. The number of rotatable bonds is 3. The van der Waals surface area contributed by atoms with Gasteiger partial charge in [0.15, 0.2) is 0 Å². The number of hydrogen-bond acceptors (Lipinski definition) is 4. The van der Waals surface area contributed by atoms with Gasteiger partial charge in [0, 0.05) is 18.2 Å². The van der Waals surface area contributed by atoms with E-state index in [-0.39, 0.29) is 24.5 Å². The molecule has 0 radical (unpaired) electrons. The Balaban J connectivity index is 1.97. The molecule has 1 aromatic heterocycles. The van der Waals surface area contributed by atoms with Crippen LogP contribution in [0.5, 0.6) is 0 Å². The van der Waals surface area contributed by atoms with Gasteiger partial charge in [0.1, 0.15) is 5.82 Å². The van der Waals surface area contributed by atoms with Gasteiger partial charge in [0.25, 0.3) is 0 Å². The van der Waals surface area contributed by atoms with Gasteiger partial charge in [-0.1, -0.05) is 11.8 Å². The molecule has 2 N–H and O–H groups in total. The first-order chi connectivity index (χ1) is 9.69. The summed E-state index contributed by atoms with van der Waals surface area (Å²) in [4.78, 5) is 16.1. The molecule has 0 aliphatic carbocycles. The van der Waals surface area contributed by atoms with Crippen molar-refractivity contribution in [3.63, 3.8) is 0 Å². The maximum Gasteiger partial charge on any atom is 0.231 e. The summed E-state index contributed by atoms with van der Waals surface area (Å²) in [5, 5.41) is 11.5. The molecule has 2 heterocycles. The highest BCUT2D eigenvalue weighted by Gasteiger charge is 2.28. The largest absolute Gasteiger partial charge is 0.395 e. The zero-order valence-corrected chi connectivity index (χ0v) is 11.4. The molecule has 1 saturated heterocycles. The monoisotopic (exact) mass is 274 g/mol. The van der Waals surface area contributed by atoms with Crippen LogP contribution in [0.25, 0.3) is 0 Å². The van der Waals surface area contributed by atoms with Gasteiger partial charge >= 0.3 is 0 Å². The predicted molar refractivity (Wildman–Crippen MR) is 75.0 cm³/mol.